The van der Waals surface area contributed by atoms with E-state index >= 15 is 0 Å². The molecule has 1 N–H and O–H groups in total. The highest BCUT2D eigenvalue weighted by Crippen LogP contribution is 2.42. The van der Waals surface area contributed by atoms with Gasteiger partial charge in [0.15, 0.2) is 0 Å². The molecule has 0 aromatic rings. The lowest BCUT2D eigenvalue weighted by Crippen LogP contribution is -2.35. The lowest BCUT2D eigenvalue weighted by Gasteiger charge is -2.24. The van der Waals surface area contributed by atoms with Crippen molar-refractivity contribution >= 4 is 7.37 Å². The lowest BCUT2D eigenvalue weighted by atomic mass is 10.0. The van der Waals surface area contributed by atoms with E-state index in [-0.39, 0.29) is 0 Å². The molecule has 1 unspecified atom stereocenters. The second-order valence-corrected chi connectivity index (χ2v) is 12.6. The smallest absolute Gasteiger partial charge is 0.200 e. The summed E-state index contributed by atoms with van der Waals surface area (Å²) in [6, 6.07) is 0. The van der Waals surface area contributed by atoms with Crippen LogP contribution in [0.2, 0.25) is 0 Å². The second-order valence-electron chi connectivity index (χ2n) is 9.96. The third-order valence-corrected chi connectivity index (χ3v) is 7.73. The van der Waals surface area contributed by atoms with E-state index in [2.05, 4.69) is 28.1 Å². The lowest BCUT2D eigenvalue weighted by molar-refractivity contribution is -0.870. The molecular formula is C24H53NO2P+. The minimum Gasteiger partial charge on any atom is -0.344 e. The molecule has 0 amide bonds. The van der Waals surface area contributed by atoms with Crippen LogP contribution in [-0.4, -0.2) is 49.4 Å². The molecule has 0 heterocycles. The Morgan fingerprint density at radius 2 is 0.893 bits per heavy atom. The van der Waals surface area contributed by atoms with Crippen LogP contribution in [0.25, 0.3) is 0 Å². The van der Waals surface area contributed by atoms with Crippen LogP contribution in [0.15, 0.2) is 0 Å². The number of hydrogen-bond acceptors (Lipinski definition) is 1. The predicted molar refractivity (Wildman–Crippen MR) is 127 cm³/mol. The van der Waals surface area contributed by atoms with E-state index in [9.17, 15) is 9.46 Å². The van der Waals surface area contributed by atoms with E-state index in [4.69, 9.17) is 0 Å². The standard InChI is InChI=1S/C24H52NO2P/c1-5-6-7-8-9-10-11-12-13-14-15-16-17-18-19-20-23-28(26,27)24-21-22-25(2,3)4/h5-24H2,1-4H3/p+1. The van der Waals surface area contributed by atoms with Gasteiger partial charge in [0.05, 0.1) is 27.7 Å². The van der Waals surface area contributed by atoms with Crippen molar-refractivity contribution in [2.45, 2.75) is 116 Å². The van der Waals surface area contributed by atoms with Crippen molar-refractivity contribution < 1.29 is 13.9 Å². The van der Waals surface area contributed by atoms with Crippen LogP contribution < -0.4 is 0 Å². The van der Waals surface area contributed by atoms with Gasteiger partial charge in [0.1, 0.15) is 0 Å². The van der Waals surface area contributed by atoms with Crippen molar-refractivity contribution in [2.75, 3.05) is 40.0 Å². The summed E-state index contributed by atoms with van der Waals surface area (Å²) in [5, 5.41) is 0. The van der Waals surface area contributed by atoms with E-state index in [0.717, 1.165) is 30.3 Å². The summed E-state index contributed by atoms with van der Waals surface area (Å²) in [4.78, 5) is 10.1. The summed E-state index contributed by atoms with van der Waals surface area (Å²) in [6.45, 7) is 3.26. The van der Waals surface area contributed by atoms with Crippen LogP contribution in [0.3, 0.4) is 0 Å². The maximum absolute atomic E-state index is 12.2. The Morgan fingerprint density at radius 3 is 1.25 bits per heavy atom. The average Bonchev–Trinajstić information content (AvgIpc) is 2.60. The molecule has 1 atom stereocenters. The molecule has 0 aliphatic carbocycles. The van der Waals surface area contributed by atoms with Gasteiger partial charge in [-0.1, -0.05) is 103 Å². The first-order chi connectivity index (χ1) is 13.3. The molecule has 0 saturated heterocycles. The second kappa shape index (κ2) is 18.0. The summed E-state index contributed by atoms with van der Waals surface area (Å²) < 4.78 is 13.1. The highest BCUT2D eigenvalue weighted by molar-refractivity contribution is 7.57. The van der Waals surface area contributed by atoms with E-state index in [1.807, 2.05) is 0 Å². The van der Waals surface area contributed by atoms with E-state index in [1.54, 1.807) is 0 Å². The van der Waals surface area contributed by atoms with Gasteiger partial charge in [0.25, 0.3) is 0 Å². The maximum Gasteiger partial charge on any atom is 0.200 e. The third kappa shape index (κ3) is 22.4. The summed E-state index contributed by atoms with van der Waals surface area (Å²) in [5.41, 5.74) is 0. The molecule has 0 aromatic heterocycles. The topological polar surface area (TPSA) is 37.3 Å². The van der Waals surface area contributed by atoms with Gasteiger partial charge in [0, 0.05) is 18.7 Å². The molecule has 0 aliphatic rings. The van der Waals surface area contributed by atoms with E-state index in [0.29, 0.717) is 12.3 Å². The molecule has 0 aromatic carbocycles. The molecular weight excluding hydrogens is 365 g/mol. The van der Waals surface area contributed by atoms with Gasteiger partial charge in [-0.25, -0.2) is 0 Å². The van der Waals surface area contributed by atoms with Crippen molar-refractivity contribution in [3.63, 3.8) is 0 Å². The Kier molecular flexibility index (Phi) is 18.1. The van der Waals surface area contributed by atoms with E-state index < -0.39 is 7.37 Å². The average molecular weight is 419 g/mol. The molecule has 0 aliphatic heterocycles. The molecule has 0 fully saturated rings. The van der Waals surface area contributed by atoms with Gasteiger partial charge < -0.3 is 9.38 Å². The highest BCUT2D eigenvalue weighted by Gasteiger charge is 2.18. The number of nitrogens with zero attached hydrogens (tertiary/aromatic N) is 1. The van der Waals surface area contributed by atoms with Gasteiger partial charge in [-0.15, -0.1) is 0 Å². The molecule has 4 heteroatoms. The van der Waals surface area contributed by atoms with Gasteiger partial charge in [-0.2, -0.15) is 0 Å². The normalized spacial score (nSPS) is 14.3. The fourth-order valence-corrected chi connectivity index (χ4v) is 5.39. The number of unbranched alkanes of at least 4 members (excludes halogenated alkanes) is 15. The Morgan fingerprint density at radius 1 is 0.571 bits per heavy atom. The van der Waals surface area contributed by atoms with Crippen LogP contribution in [0.1, 0.15) is 116 Å². The Balaban J connectivity index is 3.29. The fourth-order valence-electron chi connectivity index (χ4n) is 3.81. The van der Waals surface area contributed by atoms with Crippen molar-refractivity contribution in [1.29, 1.82) is 0 Å². The Labute approximate surface area is 177 Å². The van der Waals surface area contributed by atoms with Crippen molar-refractivity contribution in [3.8, 4) is 0 Å². The molecule has 170 valence electrons. The minimum absolute atomic E-state index is 0.501. The molecule has 0 spiro atoms. The Hall–Kier alpha value is 0.150. The van der Waals surface area contributed by atoms with E-state index in [1.165, 1.54) is 89.9 Å². The zero-order chi connectivity index (χ0) is 21.1. The fraction of sp³-hybridized carbons (Fsp3) is 1.00. The van der Waals surface area contributed by atoms with Crippen molar-refractivity contribution in [2.24, 2.45) is 0 Å². The SMILES string of the molecule is CCCCCCCCCCCCCCCCCCP(=O)(O)CCC[N+](C)(C)C. The number of quaternary nitrogens is 1. The minimum atomic E-state index is -2.88. The first-order valence-corrected chi connectivity index (χ1v) is 14.4. The largest absolute Gasteiger partial charge is 0.344 e. The van der Waals surface area contributed by atoms with Crippen LogP contribution in [0.5, 0.6) is 0 Å². The Bertz CT molecular complexity index is 379. The monoisotopic (exact) mass is 418 g/mol. The molecule has 3 nitrogen and oxygen atoms in total. The van der Waals surface area contributed by atoms with Gasteiger partial charge in [-0.3, -0.25) is 4.57 Å². The summed E-state index contributed by atoms with van der Waals surface area (Å²) in [7, 11) is 3.53. The van der Waals surface area contributed by atoms with Crippen molar-refractivity contribution in [3.05, 3.63) is 0 Å². The predicted octanol–water partition coefficient (Wildman–Crippen LogP) is 7.61. The maximum atomic E-state index is 12.2. The zero-order valence-electron chi connectivity index (χ0n) is 19.9. The first-order valence-electron chi connectivity index (χ1n) is 12.4. The van der Waals surface area contributed by atoms with Crippen LogP contribution in [0.4, 0.5) is 0 Å². The van der Waals surface area contributed by atoms with Gasteiger partial charge in [-0.05, 0) is 6.42 Å². The summed E-state index contributed by atoms with van der Waals surface area (Å²) in [5.74, 6) is 0. The molecule has 0 rings (SSSR count). The molecule has 28 heavy (non-hydrogen) atoms. The summed E-state index contributed by atoms with van der Waals surface area (Å²) in [6.07, 6.45) is 23.4. The third-order valence-electron chi connectivity index (χ3n) is 5.70. The summed E-state index contributed by atoms with van der Waals surface area (Å²) >= 11 is 0. The van der Waals surface area contributed by atoms with Gasteiger partial charge in [0.2, 0.25) is 7.37 Å². The van der Waals surface area contributed by atoms with Crippen LogP contribution in [0, 0.1) is 0 Å². The van der Waals surface area contributed by atoms with Gasteiger partial charge >= 0.3 is 0 Å². The number of hydrogen-bond donors (Lipinski definition) is 1. The zero-order valence-corrected chi connectivity index (χ0v) is 20.8. The molecule has 0 bridgehead atoms. The number of rotatable bonds is 21. The molecule has 0 radical (unpaired) electrons. The molecule has 0 saturated carbocycles. The highest BCUT2D eigenvalue weighted by atomic mass is 31.2. The van der Waals surface area contributed by atoms with Crippen LogP contribution >= 0.6 is 7.37 Å². The quantitative estimate of drug-likeness (QED) is 0.118. The van der Waals surface area contributed by atoms with Crippen LogP contribution in [-0.2, 0) is 4.57 Å². The first kappa shape index (κ1) is 28.1. The van der Waals surface area contributed by atoms with Crippen molar-refractivity contribution in [1.82, 2.24) is 0 Å².